The molecule has 0 saturated heterocycles. The Kier molecular flexibility index (Phi) is 2.66. The maximum absolute atomic E-state index is 4.67. The van der Waals surface area contributed by atoms with Gasteiger partial charge in [0.05, 0.1) is 12.1 Å². The van der Waals surface area contributed by atoms with Crippen LogP contribution < -0.4 is 0 Å². The Morgan fingerprint density at radius 2 is 1.50 bits per heavy atom. The van der Waals surface area contributed by atoms with Crippen molar-refractivity contribution >= 4 is 20.2 Å². The van der Waals surface area contributed by atoms with Crippen molar-refractivity contribution in [2.24, 2.45) is 15.6 Å². The van der Waals surface area contributed by atoms with Crippen molar-refractivity contribution in [3.63, 3.8) is 0 Å². The fourth-order valence-corrected chi connectivity index (χ4v) is 2.43. The van der Waals surface area contributed by atoms with Crippen molar-refractivity contribution < 1.29 is 13.1 Å². The predicted molar refractivity (Wildman–Crippen MR) is 45.0 cm³/mol. The third-order valence-electron chi connectivity index (χ3n) is 3.21. The van der Waals surface area contributed by atoms with Crippen LogP contribution in [0.2, 0.25) is 0 Å². The normalized spacial score (nSPS) is 38.5. The van der Waals surface area contributed by atoms with E-state index in [1.54, 1.807) is 0 Å². The first kappa shape index (κ1) is 9.26. The van der Waals surface area contributed by atoms with E-state index in [1.165, 1.54) is 25.7 Å². The standard InChI is InChI=1S/C7H10N2.2ClH.Cu/c1-2-6-7(3-4-7)5(1)8-9-6;;;/h5-6H,1-4H2;2*1H;/q;;;+2/p-2. The van der Waals surface area contributed by atoms with Crippen molar-refractivity contribution in [1.29, 1.82) is 0 Å². The molecule has 0 amide bonds. The molecule has 0 N–H and O–H groups in total. The maximum atomic E-state index is 4.67. The molecule has 73 valence electrons. The van der Waals surface area contributed by atoms with Crippen LogP contribution in [-0.4, -0.2) is 12.1 Å². The summed E-state index contributed by atoms with van der Waals surface area (Å²) in [6, 6.07) is 1.31. The summed E-state index contributed by atoms with van der Waals surface area (Å²) in [5.41, 5.74) is 0.639. The van der Waals surface area contributed by atoms with Gasteiger partial charge < -0.3 is 0 Å². The SMILES string of the molecule is C1CC2N=NC1C21CC1.[Cl][Cu][Cl]. The molecule has 2 bridgehead atoms. The summed E-state index contributed by atoms with van der Waals surface area (Å²) in [7, 11) is 9.34. The third-order valence-corrected chi connectivity index (χ3v) is 3.21. The summed E-state index contributed by atoms with van der Waals surface area (Å²) < 4.78 is 0. The number of hydrogen-bond donors (Lipinski definition) is 0. The fraction of sp³-hybridized carbons (Fsp3) is 1.00. The molecular weight excluding hydrogens is 247 g/mol. The first-order valence-electron chi connectivity index (χ1n) is 4.05. The number of hydrogen-bond acceptors (Lipinski definition) is 2. The van der Waals surface area contributed by atoms with Crippen LogP contribution in [0.15, 0.2) is 10.2 Å². The predicted octanol–water partition coefficient (Wildman–Crippen LogP) is 3.14. The molecule has 5 heteroatoms. The first-order chi connectivity index (χ1) is 5.83. The van der Waals surface area contributed by atoms with Crippen LogP contribution in [0, 0.1) is 5.41 Å². The second-order valence-electron chi connectivity index (χ2n) is 3.62. The Bertz CT molecular complexity index is 190. The summed E-state index contributed by atoms with van der Waals surface area (Å²) >= 11 is 0.757. The average molecular weight is 257 g/mol. The number of rotatable bonds is 0. The second-order valence-corrected chi connectivity index (χ2v) is 5.17. The van der Waals surface area contributed by atoms with Gasteiger partial charge in [-0.1, -0.05) is 0 Å². The minimum absolute atomic E-state index is 0.639. The van der Waals surface area contributed by atoms with Crippen LogP contribution in [0.5, 0.6) is 0 Å². The van der Waals surface area contributed by atoms with Crippen LogP contribution in [0.25, 0.3) is 0 Å². The van der Waals surface area contributed by atoms with Gasteiger partial charge in [-0.3, -0.25) is 0 Å². The molecule has 1 spiro atoms. The van der Waals surface area contributed by atoms with Crippen LogP contribution in [0.1, 0.15) is 25.7 Å². The molecule has 1 heterocycles. The molecule has 2 saturated carbocycles. The van der Waals surface area contributed by atoms with Crippen LogP contribution in [-0.2, 0) is 13.1 Å². The summed E-state index contributed by atoms with van der Waals surface area (Å²) in [5, 5.41) is 8.49. The zero-order valence-corrected chi connectivity index (χ0v) is 8.89. The van der Waals surface area contributed by atoms with Gasteiger partial charge in [0.2, 0.25) is 0 Å². The molecule has 2 fully saturated rings. The van der Waals surface area contributed by atoms with Gasteiger partial charge in [0.1, 0.15) is 0 Å². The van der Waals surface area contributed by atoms with E-state index in [0.717, 1.165) is 13.1 Å². The molecule has 2 atom stereocenters. The molecule has 0 aromatic carbocycles. The molecule has 0 radical (unpaired) electrons. The Balaban J connectivity index is 0.000000169. The van der Waals surface area contributed by atoms with E-state index in [1.807, 2.05) is 0 Å². The third kappa shape index (κ3) is 1.31. The summed E-state index contributed by atoms with van der Waals surface area (Å²) in [4.78, 5) is 0. The van der Waals surface area contributed by atoms with E-state index in [4.69, 9.17) is 0 Å². The van der Waals surface area contributed by atoms with Crippen molar-refractivity contribution in [2.45, 2.75) is 37.8 Å². The average Bonchev–Trinajstić information content (AvgIpc) is 2.71. The number of halogens is 2. The van der Waals surface area contributed by atoms with Crippen molar-refractivity contribution in [1.82, 2.24) is 0 Å². The van der Waals surface area contributed by atoms with E-state index in [2.05, 4.69) is 30.4 Å². The monoisotopic (exact) mass is 255 g/mol. The molecule has 3 aliphatic rings. The fourth-order valence-electron chi connectivity index (χ4n) is 2.43. The number of nitrogens with zero attached hydrogens (tertiary/aromatic N) is 2. The summed E-state index contributed by atoms with van der Waals surface area (Å²) in [6.07, 6.45) is 5.48. The van der Waals surface area contributed by atoms with E-state index < -0.39 is 0 Å². The van der Waals surface area contributed by atoms with Crippen molar-refractivity contribution in [3.05, 3.63) is 0 Å². The van der Waals surface area contributed by atoms with Crippen molar-refractivity contribution in [2.75, 3.05) is 0 Å². The van der Waals surface area contributed by atoms with Gasteiger partial charge in [-0.05, 0) is 25.7 Å². The molecule has 0 aromatic rings. The Labute approximate surface area is 86.7 Å². The summed E-state index contributed by atoms with van der Waals surface area (Å²) in [6.45, 7) is 0. The van der Waals surface area contributed by atoms with Crippen LogP contribution in [0.3, 0.4) is 0 Å². The molecular formula is C7H10Cl2CuN2. The van der Waals surface area contributed by atoms with Gasteiger partial charge in [0, 0.05) is 5.41 Å². The zero-order valence-electron chi connectivity index (χ0n) is 6.43. The Hall–Kier alpha value is 0.699. The van der Waals surface area contributed by atoms with Crippen LogP contribution in [0.4, 0.5) is 0 Å². The topological polar surface area (TPSA) is 24.7 Å². The second kappa shape index (κ2) is 3.45. The molecule has 2 nitrogen and oxygen atoms in total. The Morgan fingerprint density at radius 3 is 1.67 bits per heavy atom. The van der Waals surface area contributed by atoms with Gasteiger partial charge in [0.15, 0.2) is 0 Å². The van der Waals surface area contributed by atoms with Gasteiger partial charge in [-0.25, -0.2) is 0 Å². The molecule has 2 aliphatic carbocycles. The minimum atomic E-state index is 0.639. The Morgan fingerprint density at radius 1 is 1.08 bits per heavy atom. The van der Waals surface area contributed by atoms with E-state index in [-0.39, 0.29) is 0 Å². The molecule has 0 aromatic heterocycles. The van der Waals surface area contributed by atoms with Crippen molar-refractivity contribution in [3.8, 4) is 0 Å². The number of azo groups is 1. The van der Waals surface area contributed by atoms with Gasteiger partial charge in [-0.15, -0.1) is 0 Å². The van der Waals surface area contributed by atoms with E-state index >= 15 is 0 Å². The molecule has 3 rings (SSSR count). The van der Waals surface area contributed by atoms with E-state index in [0.29, 0.717) is 17.5 Å². The molecule has 1 aliphatic heterocycles. The van der Waals surface area contributed by atoms with Gasteiger partial charge in [0.25, 0.3) is 0 Å². The van der Waals surface area contributed by atoms with Gasteiger partial charge >= 0.3 is 33.3 Å². The van der Waals surface area contributed by atoms with Gasteiger partial charge in [-0.2, -0.15) is 10.2 Å². The van der Waals surface area contributed by atoms with Crippen LogP contribution >= 0.6 is 20.2 Å². The first-order valence-corrected chi connectivity index (χ1v) is 6.64. The van der Waals surface area contributed by atoms with E-state index in [9.17, 15) is 0 Å². The molecule has 12 heavy (non-hydrogen) atoms. The zero-order chi connectivity index (χ0) is 8.60. The molecule has 2 unspecified atom stereocenters. The quantitative estimate of drug-likeness (QED) is 0.595. The summed E-state index contributed by atoms with van der Waals surface area (Å²) in [5.74, 6) is 0.